The Bertz CT molecular complexity index is 469. The monoisotopic (exact) mass is 213 g/mol. The summed E-state index contributed by atoms with van der Waals surface area (Å²) < 4.78 is 23.8. The largest absolute Gasteiger partial charge is 0.493 e. The molecular formula is C9H8FNO2S. The first-order valence-electron chi connectivity index (χ1n) is 3.93. The van der Waals surface area contributed by atoms with Crippen molar-refractivity contribution in [3.8, 4) is 11.5 Å². The summed E-state index contributed by atoms with van der Waals surface area (Å²) in [5.41, 5.74) is 0.509. The van der Waals surface area contributed by atoms with Gasteiger partial charge in [-0.15, -0.1) is 0 Å². The third-order valence-corrected chi connectivity index (χ3v) is 2.69. The Balaban J connectivity index is 2.75. The Hall–Kier alpha value is -1.36. The maximum absolute atomic E-state index is 12.9. The molecule has 0 amide bonds. The van der Waals surface area contributed by atoms with Gasteiger partial charge in [-0.3, -0.25) is 0 Å². The van der Waals surface area contributed by atoms with E-state index in [1.165, 1.54) is 14.2 Å². The fraction of sp³-hybridized carbons (Fsp3) is 0.222. The normalized spacial score (nSPS) is 10.5. The number of benzene rings is 1. The first-order chi connectivity index (χ1) is 6.76. The van der Waals surface area contributed by atoms with Crippen LogP contribution in [0.25, 0.3) is 10.2 Å². The van der Waals surface area contributed by atoms with Crippen LogP contribution in [0.3, 0.4) is 0 Å². The Morgan fingerprint density at radius 3 is 2.71 bits per heavy atom. The van der Waals surface area contributed by atoms with E-state index in [9.17, 15) is 4.39 Å². The molecule has 0 radical (unpaired) electrons. The number of hydrogen-bond acceptors (Lipinski definition) is 4. The van der Waals surface area contributed by atoms with Crippen molar-refractivity contribution in [1.82, 2.24) is 4.98 Å². The summed E-state index contributed by atoms with van der Waals surface area (Å²) in [6.07, 6.45) is 0. The van der Waals surface area contributed by atoms with Gasteiger partial charge in [0.05, 0.1) is 18.9 Å². The quantitative estimate of drug-likeness (QED) is 0.767. The Morgan fingerprint density at radius 1 is 1.29 bits per heavy atom. The molecule has 0 aliphatic heterocycles. The summed E-state index contributed by atoms with van der Waals surface area (Å²) >= 11 is 0.988. The molecule has 0 atom stereocenters. The molecule has 0 spiro atoms. The van der Waals surface area contributed by atoms with Crippen LogP contribution in [0.15, 0.2) is 12.1 Å². The second-order valence-electron chi connectivity index (χ2n) is 2.61. The number of halogens is 1. The van der Waals surface area contributed by atoms with Crippen molar-refractivity contribution in [1.29, 1.82) is 0 Å². The number of thiazole rings is 1. The highest BCUT2D eigenvalue weighted by Crippen LogP contribution is 2.36. The van der Waals surface area contributed by atoms with Crippen LogP contribution in [0.5, 0.6) is 11.5 Å². The van der Waals surface area contributed by atoms with E-state index in [1.54, 1.807) is 12.1 Å². The van der Waals surface area contributed by atoms with Crippen LogP contribution < -0.4 is 9.47 Å². The number of rotatable bonds is 2. The Morgan fingerprint density at radius 2 is 2.07 bits per heavy atom. The molecule has 0 fully saturated rings. The number of hydrogen-bond donors (Lipinski definition) is 0. The van der Waals surface area contributed by atoms with E-state index in [2.05, 4.69) is 4.98 Å². The summed E-state index contributed by atoms with van der Waals surface area (Å²) in [5, 5.41) is -0.466. The SMILES string of the molecule is COc1ccc2sc(F)nc2c1OC. The van der Waals surface area contributed by atoms with Crippen molar-refractivity contribution in [2.24, 2.45) is 0 Å². The van der Waals surface area contributed by atoms with Gasteiger partial charge in [-0.05, 0) is 12.1 Å². The molecule has 0 saturated carbocycles. The fourth-order valence-electron chi connectivity index (χ4n) is 1.28. The van der Waals surface area contributed by atoms with Gasteiger partial charge in [0.15, 0.2) is 11.5 Å². The lowest BCUT2D eigenvalue weighted by Gasteiger charge is -2.06. The fourth-order valence-corrected chi connectivity index (χ4v) is 1.97. The van der Waals surface area contributed by atoms with Crippen LogP contribution in [0.1, 0.15) is 0 Å². The standard InChI is InChI=1S/C9H8FNO2S/c1-12-5-3-4-6-7(8(5)13-2)11-9(10)14-6/h3-4H,1-2H3. The zero-order chi connectivity index (χ0) is 10.1. The summed E-state index contributed by atoms with van der Waals surface area (Å²) in [6.45, 7) is 0. The van der Waals surface area contributed by atoms with Gasteiger partial charge in [-0.1, -0.05) is 11.3 Å². The van der Waals surface area contributed by atoms with Crippen LogP contribution >= 0.6 is 11.3 Å². The first kappa shape index (κ1) is 9.21. The zero-order valence-corrected chi connectivity index (χ0v) is 8.52. The molecule has 0 saturated heterocycles. The minimum Gasteiger partial charge on any atom is -0.493 e. The Labute approximate surface area is 84.1 Å². The van der Waals surface area contributed by atoms with E-state index in [0.717, 1.165) is 16.0 Å². The van der Waals surface area contributed by atoms with E-state index in [4.69, 9.17) is 9.47 Å². The van der Waals surface area contributed by atoms with Crippen molar-refractivity contribution >= 4 is 21.6 Å². The Kier molecular flexibility index (Phi) is 2.25. The van der Waals surface area contributed by atoms with Crippen LogP contribution in [0, 0.1) is 5.26 Å². The number of nitrogens with zero attached hydrogens (tertiary/aromatic N) is 1. The van der Waals surface area contributed by atoms with Gasteiger partial charge >= 0.3 is 0 Å². The summed E-state index contributed by atoms with van der Waals surface area (Å²) in [4.78, 5) is 3.74. The second kappa shape index (κ2) is 3.42. The first-order valence-corrected chi connectivity index (χ1v) is 4.75. The number of methoxy groups -OCH3 is 2. The van der Waals surface area contributed by atoms with E-state index < -0.39 is 5.26 Å². The molecule has 2 rings (SSSR count). The third kappa shape index (κ3) is 1.29. The maximum atomic E-state index is 12.9. The molecule has 14 heavy (non-hydrogen) atoms. The van der Waals surface area contributed by atoms with Gasteiger partial charge in [0.1, 0.15) is 5.52 Å². The predicted molar refractivity (Wildman–Crippen MR) is 52.7 cm³/mol. The number of ether oxygens (including phenoxy) is 2. The van der Waals surface area contributed by atoms with Gasteiger partial charge in [0.2, 0.25) is 0 Å². The molecule has 5 heteroatoms. The molecule has 0 aliphatic rings. The smallest absolute Gasteiger partial charge is 0.270 e. The van der Waals surface area contributed by atoms with E-state index in [-0.39, 0.29) is 0 Å². The van der Waals surface area contributed by atoms with Gasteiger partial charge in [-0.25, -0.2) is 4.98 Å². The van der Waals surface area contributed by atoms with Crippen molar-refractivity contribution < 1.29 is 13.9 Å². The van der Waals surface area contributed by atoms with Gasteiger partial charge in [0.25, 0.3) is 5.26 Å². The molecule has 2 aromatic rings. The third-order valence-electron chi connectivity index (χ3n) is 1.88. The van der Waals surface area contributed by atoms with Crippen LogP contribution in [-0.4, -0.2) is 19.2 Å². The summed E-state index contributed by atoms with van der Waals surface area (Å²) in [6, 6.07) is 3.50. The molecular weight excluding hydrogens is 205 g/mol. The van der Waals surface area contributed by atoms with Gasteiger partial charge in [0, 0.05) is 0 Å². The minimum atomic E-state index is -0.466. The topological polar surface area (TPSA) is 31.4 Å². The van der Waals surface area contributed by atoms with Gasteiger partial charge < -0.3 is 9.47 Å². The molecule has 0 bridgehead atoms. The molecule has 1 aromatic carbocycles. The molecule has 74 valence electrons. The summed E-state index contributed by atoms with van der Waals surface area (Å²) in [5.74, 6) is 1.04. The highest BCUT2D eigenvalue weighted by Gasteiger charge is 2.13. The maximum Gasteiger partial charge on any atom is 0.270 e. The minimum absolute atomic E-state index is 0.466. The van der Waals surface area contributed by atoms with E-state index in [0.29, 0.717) is 17.0 Å². The van der Waals surface area contributed by atoms with Crippen molar-refractivity contribution in [3.63, 3.8) is 0 Å². The molecule has 1 heterocycles. The lowest BCUT2D eigenvalue weighted by Crippen LogP contribution is -1.90. The van der Waals surface area contributed by atoms with Crippen LogP contribution in [0.2, 0.25) is 0 Å². The number of aromatic nitrogens is 1. The lowest BCUT2D eigenvalue weighted by atomic mass is 10.3. The average molecular weight is 213 g/mol. The van der Waals surface area contributed by atoms with Crippen LogP contribution in [0.4, 0.5) is 4.39 Å². The van der Waals surface area contributed by atoms with Crippen molar-refractivity contribution in [2.75, 3.05) is 14.2 Å². The van der Waals surface area contributed by atoms with E-state index >= 15 is 0 Å². The highest BCUT2D eigenvalue weighted by atomic mass is 32.1. The average Bonchev–Trinajstić information content (AvgIpc) is 2.56. The summed E-state index contributed by atoms with van der Waals surface area (Å²) in [7, 11) is 3.04. The molecule has 0 aliphatic carbocycles. The van der Waals surface area contributed by atoms with Gasteiger partial charge in [-0.2, -0.15) is 4.39 Å². The van der Waals surface area contributed by atoms with E-state index in [1.807, 2.05) is 0 Å². The molecule has 3 nitrogen and oxygen atoms in total. The zero-order valence-electron chi connectivity index (χ0n) is 7.70. The van der Waals surface area contributed by atoms with Crippen molar-refractivity contribution in [2.45, 2.75) is 0 Å². The second-order valence-corrected chi connectivity index (χ2v) is 3.60. The predicted octanol–water partition coefficient (Wildman–Crippen LogP) is 2.45. The molecule has 0 N–H and O–H groups in total. The number of fused-ring (bicyclic) bond motifs is 1. The molecule has 1 aromatic heterocycles. The van der Waals surface area contributed by atoms with Crippen LogP contribution in [-0.2, 0) is 0 Å². The lowest BCUT2D eigenvalue weighted by molar-refractivity contribution is 0.358. The molecule has 0 unspecified atom stereocenters. The highest BCUT2D eigenvalue weighted by molar-refractivity contribution is 7.17. The van der Waals surface area contributed by atoms with Crippen molar-refractivity contribution in [3.05, 3.63) is 17.4 Å².